The van der Waals surface area contributed by atoms with E-state index in [1.807, 2.05) is 13.8 Å². The molecule has 0 saturated carbocycles. The van der Waals surface area contributed by atoms with E-state index in [2.05, 4.69) is 31.9 Å². The number of benzene rings is 1. The van der Waals surface area contributed by atoms with Crippen molar-refractivity contribution in [2.45, 2.75) is 25.2 Å². The number of nitrogens with two attached hydrogens (primary N) is 1. The molecule has 102 valence electrons. The van der Waals surface area contributed by atoms with Crippen LogP contribution >= 0.6 is 31.9 Å². The lowest BCUT2D eigenvalue weighted by atomic mass is 10.3. The van der Waals surface area contributed by atoms with Crippen LogP contribution in [0.3, 0.4) is 0 Å². The van der Waals surface area contributed by atoms with Gasteiger partial charge in [-0.3, -0.25) is 0 Å². The van der Waals surface area contributed by atoms with E-state index in [0.717, 1.165) is 6.42 Å². The lowest BCUT2D eigenvalue weighted by molar-refractivity contribution is 0.426. The van der Waals surface area contributed by atoms with Gasteiger partial charge in [0, 0.05) is 27.7 Å². The van der Waals surface area contributed by atoms with Crippen molar-refractivity contribution < 1.29 is 8.42 Å². The maximum Gasteiger partial charge on any atom is 0.245 e. The quantitative estimate of drug-likeness (QED) is 0.773. The van der Waals surface area contributed by atoms with Crippen LogP contribution in [-0.4, -0.2) is 25.8 Å². The van der Waals surface area contributed by atoms with E-state index in [9.17, 15) is 8.42 Å². The third kappa shape index (κ3) is 3.26. The molecule has 0 aliphatic rings. The summed E-state index contributed by atoms with van der Waals surface area (Å²) in [5, 5.41) is 0. The van der Waals surface area contributed by atoms with Gasteiger partial charge in [0.15, 0.2) is 0 Å². The summed E-state index contributed by atoms with van der Waals surface area (Å²) in [6.45, 7) is 4.72. The van der Waals surface area contributed by atoms with Crippen molar-refractivity contribution in [2.75, 3.05) is 18.8 Å². The first-order valence-corrected chi connectivity index (χ1v) is 8.61. The van der Waals surface area contributed by atoms with Crippen molar-refractivity contribution in [1.82, 2.24) is 4.31 Å². The van der Waals surface area contributed by atoms with E-state index in [1.165, 1.54) is 4.31 Å². The summed E-state index contributed by atoms with van der Waals surface area (Å²) in [6, 6.07) is 3.19. The SMILES string of the molecule is CCCN(CC)S(=O)(=O)c1c(Br)cc(N)cc1Br. The first kappa shape index (κ1) is 15.9. The third-order valence-corrected chi connectivity index (χ3v) is 6.30. The van der Waals surface area contributed by atoms with Gasteiger partial charge >= 0.3 is 0 Å². The fourth-order valence-corrected chi connectivity index (χ4v) is 5.73. The molecule has 1 aromatic carbocycles. The van der Waals surface area contributed by atoms with Gasteiger partial charge in [-0.15, -0.1) is 0 Å². The van der Waals surface area contributed by atoms with E-state index in [4.69, 9.17) is 5.73 Å². The van der Waals surface area contributed by atoms with Crippen molar-refractivity contribution >= 4 is 47.6 Å². The van der Waals surface area contributed by atoms with Gasteiger partial charge in [-0.1, -0.05) is 13.8 Å². The maximum absolute atomic E-state index is 12.5. The van der Waals surface area contributed by atoms with Gasteiger partial charge in [-0.25, -0.2) is 8.42 Å². The van der Waals surface area contributed by atoms with Crippen molar-refractivity contribution in [1.29, 1.82) is 0 Å². The van der Waals surface area contributed by atoms with Crippen LogP contribution in [0.15, 0.2) is 26.0 Å². The summed E-state index contributed by atoms with van der Waals surface area (Å²) in [4.78, 5) is 0.229. The Morgan fingerprint density at radius 3 is 2.11 bits per heavy atom. The van der Waals surface area contributed by atoms with Gasteiger partial charge < -0.3 is 5.73 Å². The first-order valence-electron chi connectivity index (χ1n) is 5.59. The highest BCUT2D eigenvalue weighted by Gasteiger charge is 2.27. The summed E-state index contributed by atoms with van der Waals surface area (Å²) >= 11 is 6.53. The van der Waals surface area contributed by atoms with Gasteiger partial charge in [0.05, 0.1) is 0 Å². The Bertz CT molecular complexity index is 509. The molecule has 7 heteroatoms. The molecule has 1 rings (SSSR count). The Morgan fingerprint density at radius 2 is 1.72 bits per heavy atom. The minimum Gasteiger partial charge on any atom is -0.399 e. The molecule has 0 aliphatic heterocycles. The van der Waals surface area contributed by atoms with Crippen LogP contribution in [0.5, 0.6) is 0 Å². The topological polar surface area (TPSA) is 63.4 Å². The zero-order chi connectivity index (χ0) is 13.9. The second-order valence-electron chi connectivity index (χ2n) is 3.81. The number of anilines is 1. The molecule has 0 heterocycles. The Morgan fingerprint density at radius 1 is 1.22 bits per heavy atom. The molecule has 0 fully saturated rings. The van der Waals surface area contributed by atoms with E-state index < -0.39 is 10.0 Å². The predicted octanol–water partition coefficient (Wildman–Crippen LogP) is 3.21. The molecular weight excluding hydrogens is 384 g/mol. The minimum atomic E-state index is -3.51. The summed E-state index contributed by atoms with van der Waals surface area (Å²) in [5.74, 6) is 0. The molecule has 2 N–H and O–H groups in total. The van der Waals surface area contributed by atoms with Gasteiger partial charge in [-0.2, -0.15) is 4.31 Å². The second-order valence-corrected chi connectivity index (χ2v) is 7.39. The lowest BCUT2D eigenvalue weighted by Gasteiger charge is -2.21. The number of halogens is 2. The molecule has 0 unspecified atom stereocenters. The van der Waals surface area contributed by atoms with Crippen LogP contribution in [0.2, 0.25) is 0 Å². The largest absolute Gasteiger partial charge is 0.399 e. The Hall–Kier alpha value is -0.110. The molecular formula is C11H16Br2N2O2S. The molecule has 18 heavy (non-hydrogen) atoms. The van der Waals surface area contributed by atoms with E-state index in [1.54, 1.807) is 12.1 Å². The zero-order valence-corrected chi connectivity index (χ0v) is 14.3. The van der Waals surface area contributed by atoms with Crippen LogP contribution in [0.1, 0.15) is 20.3 Å². The minimum absolute atomic E-state index is 0.229. The van der Waals surface area contributed by atoms with Crippen LogP contribution < -0.4 is 5.73 Å². The van der Waals surface area contributed by atoms with Crippen molar-refractivity contribution in [3.63, 3.8) is 0 Å². The highest BCUT2D eigenvalue weighted by atomic mass is 79.9. The Labute approximate surface area is 125 Å². The smallest absolute Gasteiger partial charge is 0.245 e. The number of nitrogen functional groups attached to an aromatic ring is 1. The molecule has 0 atom stereocenters. The standard InChI is InChI=1S/C11H16Br2N2O2S/c1-3-5-15(4-2)18(16,17)11-9(12)6-8(14)7-10(11)13/h6-7H,3-5,14H2,1-2H3. The number of hydrogen-bond donors (Lipinski definition) is 1. The zero-order valence-electron chi connectivity index (χ0n) is 10.3. The summed E-state index contributed by atoms with van der Waals surface area (Å²) in [6.07, 6.45) is 0.775. The number of hydrogen-bond acceptors (Lipinski definition) is 3. The second kappa shape index (κ2) is 6.36. The van der Waals surface area contributed by atoms with Crippen LogP contribution in [0, 0.1) is 0 Å². The third-order valence-electron chi connectivity index (χ3n) is 2.44. The molecule has 1 aromatic rings. The molecule has 0 aromatic heterocycles. The summed E-state index contributed by atoms with van der Waals surface area (Å²) < 4.78 is 27.5. The van der Waals surface area contributed by atoms with Crippen LogP contribution in [-0.2, 0) is 10.0 Å². The molecule has 0 aliphatic carbocycles. The van der Waals surface area contributed by atoms with Crippen molar-refractivity contribution in [2.24, 2.45) is 0 Å². The van der Waals surface area contributed by atoms with Gasteiger partial charge in [0.2, 0.25) is 10.0 Å². The molecule has 4 nitrogen and oxygen atoms in total. The Balaban J connectivity index is 3.36. The van der Waals surface area contributed by atoms with Gasteiger partial charge in [-0.05, 0) is 50.4 Å². The van der Waals surface area contributed by atoms with E-state index >= 15 is 0 Å². The maximum atomic E-state index is 12.5. The highest BCUT2D eigenvalue weighted by Crippen LogP contribution is 2.34. The molecule has 0 spiro atoms. The fraction of sp³-hybridized carbons (Fsp3) is 0.455. The van der Waals surface area contributed by atoms with Crippen LogP contribution in [0.4, 0.5) is 5.69 Å². The number of nitrogens with zero attached hydrogens (tertiary/aromatic N) is 1. The van der Waals surface area contributed by atoms with Gasteiger partial charge in [0.1, 0.15) is 4.90 Å². The molecule has 0 bridgehead atoms. The number of sulfonamides is 1. The molecule has 0 saturated heterocycles. The summed E-state index contributed by atoms with van der Waals surface area (Å²) in [7, 11) is -3.51. The average molecular weight is 400 g/mol. The Kier molecular flexibility index (Phi) is 5.64. The first-order chi connectivity index (χ1) is 8.34. The van der Waals surface area contributed by atoms with Crippen LogP contribution in [0.25, 0.3) is 0 Å². The van der Waals surface area contributed by atoms with E-state index in [0.29, 0.717) is 27.7 Å². The highest BCUT2D eigenvalue weighted by molar-refractivity contribution is 9.11. The average Bonchev–Trinajstić information content (AvgIpc) is 2.23. The van der Waals surface area contributed by atoms with Crippen molar-refractivity contribution in [3.8, 4) is 0 Å². The van der Waals surface area contributed by atoms with Gasteiger partial charge in [0.25, 0.3) is 0 Å². The predicted molar refractivity (Wildman–Crippen MR) is 81.0 cm³/mol. The fourth-order valence-electron chi connectivity index (χ4n) is 1.65. The number of rotatable bonds is 5. The molecule has 0 amide bonds. The van der Waals surface area contributed by atoms with E-state index in [-0.39, 0.29) is 4.90 Å². The summed E-state index contributed by atoms with van der Waals surface area (Å²) in [5.41, 5.74) is 6.18. The monoisotopic (exact) mass is 398 g/mol. The lowest BCUT2D eigenvalue weighted by Crippen LogP contribution is -2.32. The molecule has 0 radical (unpaired) electrons. The van der Waals surface area contributed by atoms with Crippen molar-refractivity contribution in [3.05, 3.63) is 21.1 Å². The normalized spacial score (nSPS) is 12.1.